The van der Waals surface area contributed by atoms with E-state index >= 15 is 0 Å². The molecule has 1 saturated carbocycles. The first kappa shape index (κ1) is 16.9. The first-order valence-electron chi connectivity index (χ1n) is 8.01. The molecule has 0 aromatic rings. The van der Waals surface area contributed by atoms with Crippen molar-refractivity contribution in [2.45, 2.75) is 65.6 Å². The molecule has 0 aromatic carbocycles. The molecule has 3 heteroatoms. The molecule has 114 valence electrons. The van der Waals surface area contributed by atoms with Crippen LogP contribution in [-0.4, -0.2) is 37.0 Å². The summed E-state index contributed by atoms with van der Waals surface area (Å²) in [5, 5.41) is 13.3. The summed E-state index contributed by atoms with van der Waals surface area (Å²) < 4.78 is 5.73. The smallest absolute Gasteiger partial charge is 0.0897 e. The van der Waals surface area contributed by atoms with Gasteiger partial charge in [-0.05, 0) is 37.1 Å². The van der Waals surface area contributed by atoms with Crippen LogP contribution in [0.25, 0.3) is 0 Å². The number of ether oxygens (including phenoxy) is 1. The second kappa shape index (κ2) is 8.93. The zero-order chi connectivity index (χ0) is 14.3. The molecule has 19 heavy (non-hydrogen) atoms. The molecule has 0 amide bonds. The van der Waals surface area contributed by atoms with Crippen LogP contribution < -0.4 is 5.32 Å². The third kappa shape index (κ3) is 6.73. The highest BCUT2D eigenvalue weighted by Gasteiger charge is 2.19. The maximum Gasteiger partial charge on any atom is 0.0897 e. The fourth-order valence-electron chi connectivity index (χ4n) is 3.02. The fourth-order valence-corrected chi connectivity index (χ4v) is 3.02. The third-order valence-corrected chi connectivity index (χ3v) is 4.30. The van der Waals surface area contributed by atoms with Crippen LogP contribution in [0.4, 0.5) is 0 Å². The second-order valence-electron chi connectivity index (χ2n) is 6.70. The molecule has 0 heterocycles. The van der Waals surface area contributed by atoms with Gasteiger partial charge in [-0.25, -0.2) is 0 Å². The van der Waals surface area contributed by atoms with Gasteiger partial charge in [-0.3, -0.25) is 0 Å². The van der Waals surface area contributed by atoms with Crippen molar-refractivity contribution in [3.05, 3.63) is 0 Å². The number of rotatable bonds is 9. The van der Waals surface area contributed by atoms with Crippen LogP contribution >= 0.6 is 0 Å². The van der Waals surface area contributed by atoms with Gasteiger partial charge in [0.15, 0.2) is 0 Å². The molecule has 0 radical (unpaired) electrons. The van der Waals surface area contributed by atoms with E-state index in [0.29, 0.717) is 37.0 Å². The summed E-state index contributed by atoms with van der Waals surface area (Å²) in [6.07, 6.45) is 4.92. The Kier molecular flexibility index (Phi) is 7.96. The average Bonchev–Trinajstić information content (AvgIpc) is 2.84. The van der Waals surface area contributed by atoms with Gasteiger partial charge in [0.2, 0.25) is 0 Å². The van der Waals surface area contributed by atoms with Crippen LogP contribution in [0.3, 0.4) is 0 Å². The van der Waals surface area contributed by atoms with E-state index in [2.05, 4.69) is 33.0 Å². The molecule has 0 aliphatic heterocycles. The fraction of sp³-hybridized carbons (Fsp3) is 1.00. The van der Waals surface area contributed by atoms with Gasteiger partial charge < -0.3 is 15.2 Å². The summed E-state index contributed by atoms with van der Waals surface area (Å²) in [4.78, 5) is 0. The zero-order valence-corrected chi connectivity index (χ0v) is 13.2. The highest BCUT2D eigenvalue weighted by Crippen LogP contribution is 2.21. The summed E-state index contributed by atoms with van der Waals surface area (Å²) in [7, 11) is 0. The Morgan fingerprint density at radius 3 is 2.16 bits per heavy atom. The van der Waals surface area contributed by atoms with Gasteiger partial charge >= 0.3 is 0 Å². The van der Waals surface area contributed by atoms with Crippen LogP contribution in [0, 0.1) is 17.8 Å². The Morgan fingerprint density at radius 2 is 1.63 bits per heavy atom. The van der Waals surface area contributed by atoms with Gasteiger partial charge in [-0.1, -0.05) is 40.5 Å². The molecule has 1 rings (SSSR count). The van der Waals surface area contributed by atoms with Crippen molar-refractivity contribution in [3.63, 3.8) is 0 Å². The maximum atomic E-state index is 9.91. The minimum atomic E-state index is -0.374. The van der Waals surface area contributed by atoms with Gasteiger partial charge in [0.25, 0.3) is 0 Å². The van der Waals surface area contributed by atoms with E-state index in [0.717, 1.165) is 6.54 Å². The number of aliphatic hydroxyl groups excluding tert-OH is 1. The van der Waals surface area contributed by atoms with E-state index in [1.165, 1.54) is 25.7 Å². The topological polar surface area (TPSA) is 41.5 Å². The monoisotopic (exact) mass is 271 g/mol. The molecule has 0 aromatic heterocycles. The quantitative estimate of drug-likeness (QED) is 0.677. The third-order valence-electron chi connectivity index (χ3n) is 4.30. The molecular formula is C16H33NO2. The minimum absolute atomic E-state index is 0.374. The molecule has 2 N–H and O–H groups in total. The standard InChI is InChI=1S/C16H33NO2/c1-12(2)16(13(3)4)10-17-9-14(18)11-19-15-7-5-6-8-15/h12-18H,5-11H2,1-4H3. The number of aliphatic hydroxyl groups is 1. The molecule has 1 aliphatic rings. The van der Waals surface area contributed by atoms with Gasteiger partial charge in [-0.2, -0.15) is 0 Å². The first-order valence-corrected chi connectivity index (χ1v) is 8.01. The summed E-state index contributed by atoms with van der Waals surface area (Å²) >= 11 is 0. The Labute approximate surface area is 119 Å². The lowest BCUT2D eigenvalue weighted by atomic mass is 9.85. The normalized spacial score (nSPS) is 18.9. The second-order valence-corrected chi connectivity index (χ2v) is 6.70. The molecule has 0 bridgehead atoms. The maximum absolute atomic E-state index is 9.91. The summed E-state index contributed by atoms with van der Waals surface area (Å²) in [5.41, 5.74) is 0. The Bertz CT molecular complexity index is 217. The molecule has 1 atom stereocenters. The lowest BCUT2D eigenvalue weighted by molar-refractivity contribution is -0.00592. The van der Waals surface area contributed by atoms with Crippen molar-refractivity contribution >= 4 is 0 Å². The van der Waals surface area contributed by atoms with Crippen molar-refractivity contribution < 1.29 is 9.84 Å². The molecule has 3 nitrogen and oxygen atoms in total. The molecule has 1 unspecified atom stereocenters. The summed E-state index contributed by atoms with van der Waals surface area (Å²) in [5.74, 6) is 2.03. The van der Waals surface area contributed by atoms with Crippen LogP contribution in [0.15, 0.2) is 0 Å². The molecule has 1 fully saturated rings. The van der Waals surface area contributed by atoms with E-state index in [9.17, 15) is 5.11 Å². The van der Waals surface area contributed by atoms with Crippen LogP contribution in [0.1, 0.15) is 53.4 Å². The summed E-state index contributed by atoms with van der Waals surface area (Å²) in [6, 6.07) is 0. The molecule has 1 aliphatic carbocycles. The number of hydrogen-bond acceptors (Lipinski definition) is 3. The van der Waals surface area contributed by atoms with Crippen LogP contribution in [0.5, 0.6) is 0 Å². The predicted molar refractivity (Wildman–Crippen MR) is 80.3 cm³/mol. The minimum Gasteiger partial charge on any atom is -0.389 e. The molecule has 0 saturated heterocycles. The lowest BCUT2D eigenvalue weighted by Crippen LogP contribution is -2.36. The first-order chi connectivity index (χ1) is 9.00. The van der Waals surface area contributed by atoms with E-state index in [1.54, 1.807) is 0 Å². The van der Waals surface area contributed by atoms with Crippen LogP contribution in [-0.2, 0) is 4.74 Å². The molecule has 0 spiro atoms. The van der Waals surface area contributed by atoms with Crippen molar-refractivity contribution in [2.24, 2.45) is 17.8 Å². The van der Waals surface area contributed by atoms with E-state index in [1.807, 2.05) is 0 Å². The predicted octanol–water partition coefficient (Wildman–Crippen LogP) is 2.82. The largest absolute Gasteiger partial charge is 0.389 e. The molecular weight excluding hydrogens is 238 g/mol. The van der Waals surface area contributed by atoms with Crippen LogP contribution in [0.2, 0.25) is 0 Å². The zero-order valence-electron chi connectivity index (χ0n) is 13.2. The number of nitrogens with one attached hydrogen (secondary N) is 1. The van der Waals surface area contributed by atoms with Crippen molar-refractivity contribution in [1.82, 2.24) is 5.32 Å². The van der Waals surface area contributed by atoms with E-state index in [-0.39, 0.29) is 6.10 Å². The van der Waals surface area contributed by atoms with E-state index in [4.69, 9.17) is 4.74 Å². The van der Waals surface area contributed by atoms with Crippen molar-refractivity contribution in [1.29, 1.82) is 0 Å². The van der Waals surface area contributed by atoms with Gasteiger partial charge in [0, 0.05) is 6.54 Å². The SMILES string of the molecule is CC(C)C(CNCC(O)COC1CCCC1)C(C)C. The Morgan fingerprint density at radius 1 is 1.05 bits per heavy atom. The van der Waals surface area contributed by atoms with Gasteiger partial charge in [-0.15, -0.1) is 0 Å². The Balaban J connectivity index is 2.09. The van der Waals surface area contributed by atoms with Gasteiger partial charge in [0.05, 0.1) is 18.8 Å². The van der Waals surface area contributed by atoms with Crippen molar-refractivity contribution in [3.8, 4) is 0 Å². The van der Waals surface area contributed by atoms with Crippen molar-refractivity contribution in [2.75, 3.05) is 19.7 Å². The Hall–Kier alpha value is -0.120. The number of hydrogen-bond donors (Lipinski definition) is 2. The summed E-state index contributed by atoms with van der Waals surface area (Å²) in [6.45, 7) is 11.2. The lowest BCUT2D eigenvalue weighted by Gasteiger charge is -2.26. The van der Waals surface area contributed by atoms with E-state index < -0.39 is 0 Å². The highest BCUT2D eigenvalue weighted by atomic mass is 16.5. The average molecular weight is 271 g/mol. The van der Waals surface area contributed by atoms with Gasteiger partial charge in [0.1, 0.15) is 0 Å². The highest BCUT2D eigenvalue weighted by molar-refractivity contribution is 4.72.